The summed E-state index contributed by atoms with van der Waals surface area (Å²) in [5.74, 6) is 0.458. The number of aliphatic hydroxyl groups excluding tert-OH is 2. The first kappa shape index (κ1) is 11.2. The Morgan fingerprint density at radius 3 is 2.43 bits per heavy atom. The maximum absolute atomic E-state index is 9.00. The summed E-state index contributed by atoms with van der Waals surface area (Å²) in [7, 11) is 0. The predicted molar refractivity (Wildman–Crippen MR) is 53.2 cm³/mol. The Labute approximate surface area is 86.7 Å². The van der Waals surface area contributed by atoms with Gasteiger partial charge in [0.15, 0.2) is 5.15 Å². The van der Waals surface area contributed by atoms with E-state index in [0.717, 1.165) is 0 Å². The van der Waals surface area contributed by atoms with Gasteiger partial charge < -0.3 is 15.5 Å². The Hall–Kier alpha value is -0.910. The fourth-order valence-corrected chi connectivity index (χ4v) is 0.922. The maximum Gasteiger partial charge on any atom is 0.151 e. The maximum atomic E-state index is 9.00. The summed E-state index contributed by atoms with van der Waals surface area (Å²) in [6.45, 7) is 1.27. The molecule has 3 N–H and O–H groups in total. The molecule has 0 aliphatic carbocycles. The van der Waals surface area contributed by atoms with E-state index in [0.29, 0.717) is 11.0 Å². The van der Waals surface area contributed by atoms with Crippen molar-refractivity contribution in [2.24, 2.45) is 0 Å². The summed E-state index contributed by atoms with van der Waals surface area (Å²) in [6, 6.07) is 3.20. The molecule has 0 radical (unpaired) electrons. The van der Waals surface area contributed by atoms with Crippen LogP contribution in [0.5, 0.6) is 0 Å². The van der Waals surface area contributed by atoms with E-state index >= 15 is 0 Å². The van der Waals surface area contributed by atoms with E-state index in [-0.39, 0.29) is 13.2 Å². The lowest BCUT2D eigenvalue weighted by atomic mass is 10.1. The van der Waals surface area contributed by atoms with Gasteiger partial charge in [-0.05, 0) is 19.1 Å². The molecule has 0 spiro atoms. The zero-order valence-corrected chi connectivity index (χ0v) is 8.49. The van der Waals surface area contributed by atoms with Gasteiger partial charge in [-0.15, -0.1) is 10.2 Å². The molecule has 0 saturated heterocycles. The fourth-order valence-electron chi connectivity index (χ4n) is 0.821. The smallest absolute Gasteiger partial charge is 0.151 e. The van der Waals surface area contributed by atoms with Gasteiger partial charge in [-0.3, -0.25) is 0 Å². The SMILES string of the molecule is CC(CO)(CO)Nc1ccc(Cl)nn1. The first-order valence-corrected chi connectivity index (χ1v) is 4.46. The van der Waals surface area contributed by atoms with Gasteiger partial charge in [0.25, 0.3) is 0 Å². The van der Waals surface area contributed by atoms with Gasteiger partial charge in [0.1, 0.15) is 5.82 Å². The van der Waals surface area contributed by atoms with Crippen molar-refractivity contribution in [2.45, 2.75) is 12.5 Å². The Bertz CT molecular complexity index is 287. The molecule has 0 bridgehead atoms. The number of halogens is 1. The van der Waals surface area contributed by atoms with Crippen LogP contribution in [0, 0.1) is 0 Å². The molecule has 0 aliphatic rings. The van der Waals surface area contributed by atoms with E-state index in [4.69, 9.17) is 21.8 Å². The third-order valence-corrected chi connectivity index (χ3v) is 1.96. The van der Waals surface area contributed by atoms with Gasteiger partial charge in [0, 0.05) is 0 Å². The number of aliphatic hydroxyl groups is 2. The minimum Gasteiger partial charge on any atom is -0.394 e. The van der Waals surface area contributed by atoms with Crippen LogP contribution in [0.3, 0.4) is 0 Å². The molecule has 14 heavy (non-hydrogen) atoms. The number of aromatic nitrogens is 2. The summed E-state index contributed by atoms with van der Waals surface area (Å²) >= 11 is 5.55. The van der Waals surface area contributed by atoms with E-state index in [1.165, 1.54) is 0 Å². The minimum absolute atomic E-state index is 0.201. The standard InChI is InChI=1S/C8H12ClN3O2/c1-8(4-13,5-14)10-7-3-2-6(9)11-12-7/h2-3,13-14H,4-5H2,1H3,(H,10,12). The molecule has 0 aliphatic heterocycles. The minimum atomic E-state index is -0.803. The molecule has 0 amide bonds. The molecule has 0 saturated carbocycles. The van der Waals surface area contributed by atoms with Crippen LogP contribution in [-0.4, -0.2) is 39.2 Å². The fraction of sp³-hybridized carbons (Fsp3) is 0.500. The van der Waals surface area contributed by atoms with Gasteiger partial charge in [-0.2, -0.15) is 0 Å². The van der Waals surface area contributed by atoms with Crippen molar-refractivity contribution >= 4 is 17.4 Å². The van der Waals surface area contributed by atoms with E-state index in [1.54, 1.807) is 19.1 Å². The zero-order chi connectivity index (χ0) is 10.6. The molecule has 0 atom stereocenters. The van der Waals surface area contributed by atoms with Gasteiger partial charge in [0.2, 0.25) is 0 Å². The monoisotopic (exact) mass is 217 g/mol. The molecule has 0 aromatic carbocycles. The van der Waals surface area contributed by atoms with Crippen molar-refractivity contribution in [1.29, 1.82) is 0 Å². The Morgan fingerprint density at radius 2 is 2.00 bits per heavy atom. The highest BCUT2D eigenvalue weighted by atomic mass is 35.5. The number of nitrogens with zero attached hydrogens (tertiary/aromatic N) is 2. The van der Waals surface area contributed by atoms with E-state index in [9.17, 15) is 0 Å². The second kappa shape index (κ2) is 4.54. The number of anilines is 1. The van der Waals surface area contributed by atoms with Crippen LogP contribution in [0.1, 0.15) is 6.92 Å². The van der Waals surface area contributed by atoms with Crippen molar-refractivity contribution in [3.63, 3.8) is 0 Å². The molecule has 1 aromatic rings. The van der Waals surface area contributed by atoms with Crippen LogP contribution < -0.4 is 5.32 Å². The first-order valence-electron chi connectivity index (χ1n) is 4.09. The van der Waals surface area contributed by atoms with Crippen LogP contribution in [0.15, 0.2) is 12.1 Å². The average Bonchev–Trinajstić information content (AvgIpc) is 2.21. The second-order valence-electron chi connectivity index (χ2n) is 3.24. The number of hydrogen-bond donors (Lipinski definition) is 3. The summed E-state index contributed by atoms with van der Waals surface area (Å²) < 4.78 is 0. The second-order valence-corrected chi connectivity index (χ2v) is 3.63. The van der Waals surface area contributed by atoms with E-state index < -0.39 is 5.54 Å². The molecule has 1 aromatic heterocycles. The quantitative estimate of drug-likeness (QED) is 0.676. The van der Waals surface area contributed by atoms with Gasteiger partial charge in [-0.1, -0.05) is 11.6 Å². The lowest BCUT2D eigenvalue weighted by molar-refractivity contribution is 0.147. The average molecular weight is 218 g/mol. The highest BCUT2D eigenvalue weighted by Gasteiger charge is 2.22. The van der Waals surface area contributed by atoms with Crippen LogP contribution in [0.4, 0.5) is 5.82 Å². The first-order chi connectivity index (χ1) is 6.59. The topological polar surface area (TPSA) is 78.3 Å². The van der Waals surface area contributed by atoms with Crippen LogP contribution in [0.2, 0.25) is 5.15 Å². The highest BCUT2D eigenvalue weighted by molar-refractivity contribution is 6.29. The van der Waals surface area contributed by atoms with Crippen molar-refractivity contribution < 1.29 is 10.2 Å². The Kier molecular flexibility index (Phi) is 3.62. The molecule has 5 nitrogen and oxygen atoms in total. The molecule has 1 heterocycles. The molecule has 78 valence electrons. The van der Waals surface area contributed by atoms with Crippen molar-refractivity contribution in [3.05, 3.63) is 17.3 Å². The van der Waals surface area contributed by atoms with Crippen LogP contribution in [-0.2, 0) is 0 Å². The largest absolute Gasteiger partial charge is 0.394 e. The van der Waals surface area contributed by atoms with Gasteiger partial charge in [0.05, 0.1) is 18.8 Å². The molecular weight excluding hydrogens is 206 g/mol. The van der Waals surface area contributed by atoms with Crippen molar-refractivity contribution in [1.82, 2.24) is 10.2 Å². The van der Waals surface area contributed by atoms with Gasteiger partial charge in [-0.25, -0.2) is 0 Å². The third-order valence-electron chi connectivity index (χ3n) is 1.76. The predicted octanol–water partition coefficient (Wildman–Crippen LogP) is 0.285. The van der Waals surface area contributed by atoms with Crippen LogP contribution >= 0.6 is 11.6 Å². The normalized spacial score (nSPS) is 11.4. The molecule has 0 fully saturated rings. The summed E-state index contributed by atoms with van der Waals surface area (Å²) in [4.78, 5) is 0. The number of rotatable bonds is 4. The third kappa shape index (κ3) is 2.80. The lowest BCUT2D eigenvalue weighted by Crippen LogP contribution is -2.42. The van der Waals surface area contributed by atoms with Crippen molar-refractivity contribution in [2.75, 3.05) is 18.5 Å². The Morgan fingerprint density at radius 1 is 1.36 bits per heavy atom. The van der Waals surface area contributed by atoms with Crippen LogP contribution in [0.25, 0.3) is 0 Å². The molecule has 6 heteroatoms. The summed E-state index contributed by atoms with van der Waals surface area (Å²) in [6.07, 6.45) is 0. The lowest BCUT2D eigenvalue weighted by Gasteiger charge is -2.26. The number of nitrogens with one attached hydrogen (secondary N) is 1. The Balaban J connectivity index is 2.72. The molecule has 1 rings (SSSR count). The highest BCUT2D eigenvalue weighted by Crippen LogP contribution is 2.12. The summed E-state index contributed by atoms with van der Waals surface area (Å²) in [5.41, 5.74) is -0.803. The molecule has 0 unspecified atom stereocenters. The van der Waals surface area contributed by atoms with E-state index in [1.807, 2.05) is 0 Å². The molecular formula is C8H12ClN3O2. The van der Waals surface area contributed by atoms with E-state index in [2.05, 4.69) is 15.5 Å². The van der Waals surface area contributed by atoms with Crippen molar-refractivity contribution in [3.8, 4) is 0 Å². The summed E-state index contributed by atoms with van der Waals surface area (Å²) in [5, 5.41) is 28.5. The number of hydrogen-bond acceptors (Lipinski definition) is 5. The van der Waals surface area contributed by atoms with Gasteiger partial charge >= 0.3 is 0 Å². The zero-order valence-electron chi connectivity index (χ0n) is 7.74.